The van der Waals surface area contributed by atoms with E-state index in [0.29, 0.717) is 25.0 Å². The molecule has 1 aliphatic rings. The molecule has 1 N–H and O–H groups in total. The van der Waals surface area contributed by atoms with Crippen molar-refractivity contribution in [2.75, 3.05) is 27.4 Å². The highest BCUT2D eigenvalue weighted by Gasteiger charge is 2.13. The molecule has 1 aliphatic carbocycles. The minimum absolute atomic E-state index is 0.0146. The summed E-state index contributed by atoms with van der Waals surface area (Å²) in [5.41, 5.74) is 0.827. The zero-order valence-electron chi connectivity index (χ0n) is 14.8. The molecule has 0 saturated heterocycles. The van der Waals surface area contributed by atoms with Crippen LogP contribution in [0.2, 0.25) is 0 Å². The molecule has 24 heavy (non-hydrogen) atoms. The molecule has 1 amide bonds. The van der Waals surface area contributed by atoms with Crippen LogP contribution >= 0.6 is 0 Å². The van der Waals surface area contributed by atoms with Gasteiger partial charge < -0.3 is 19.5 Å². The van der Waals surface area contributed by atoms with Crippen LogP contribution in [0, 0.1) is 0 Å². The average Bonchev–Trinajstić information content (AvgIpc) is 2.62. The van der Waals surface area contributed by atoms with Crippen LogP contribution in [0.4, 0.5) is 0 Å². The molecule has 5 nitrogen and oxygen atoms in total. The molecular weight excluding hydrogens is 306 g/mol. The first-order valence-electron chi connectivity index (χ1n) is 8.82. The number of carbonyl (C=O) groups excluding carboxylic acids is 1. The second kappa shape index (κ2) is 10.2. The molecule has 0 spiro atoms. The summed E-state index contributed by atoms with van der Waals surface area (Å²) in [6, 6.07) is 5.48. The summed E-state index contributed by atoms with van der Waals surface area (Å²) in [6.07, 6.45) is 7.82. The lowest BCUT2D eigenvalue weighted by Gasteiger charge is -2.21. The molecule has 1 aromatic carbocycles. The number of amides is 1. The normalized spacial score (nSPS) is 15.1. The molecule has 0 unspecified atom stereocenters. The van der Waals surface area contributed by atoms with Gasteiger partial charge in [0, 0.05) is 18.7 Å². The largest absolute Gasteiger partial charge is 0.497 e. The van der Waals surface area contributed by atoms with E-state index in [-0.39, 0.29) is 12.3 Å². The van der Waals surface area contributed by atoms with E-state index in [1.54, 1.807) is 14.2 Å². The maximum absolute atomic E-state index is 12.1. The Morgan fingerprint density at radius 1 is 1.17 bits per heavy atom. The molecule has 1 fully saturated rings. The fourth-order valence-corrected chi connectivity index (χ4v) is 3.04. The number of benzene rings is 1. The van der Waals surface area contributed by atoms with E-state index in [0.717, 1.165) is 17.7 Å². The van der Waals surface area contributed by atoms with E-state index in [4.69, 9.17) is 14.2 Å². The second-order valence-electron chi connectivity index (χ2n) is 6.19. The Hall–Kier alpha value is -1.75. The lowest BCUT2D eigenvalue weighted by Crippen LogP contribution is -2.27. The van der Waals surface area contributed by atoms with E-state index in [1.165, 1.54) is 32.1 Å². The van der Waals surface area contributed by atoms with Gasteiger partial charge in [-0.3, -0.25) is 4.79 Å². The van der Waals surface area contributed by atoms with Gasteiger partial charge in [0.15, 0.2) is 0 Å². The van der Waals surface area contributed by atoms with Crippen molar-refractivity contribution in [1.82, 2.24) is 5.32 Å². The van der Waals surface area contributed by atoms with Crippen molar-refractivity contribution in [3.05, 3.63) is 23.8 Å². The highest BCUT2D eigenvalue weighted by Crippen LogP contribution is 2.24. The molecule has 134 valence electrons. The third kappa shape index (κ3) is 6.04. The highest BCUT2D eigenvalue weighted by atomic mass is 16.5. The molecule has 0 aliphatic heterocycles. The van der Waals surface area contributed by atoms with Crippen LogP contribution in [0.1, 0.15) is 44.1 Å². The quantitative estimate of drug-likeness (QED) is 0.705. The lowest BCUT2D eigenvalue weighted by atomic mass is 9.98. The smallest absolute Gasteiger partial charge is 0.224 e. The Bertz CT molecular complexity index is 512. The first kappa shape index (κ1) is 18.6. The summed E-state index contributed by atoms with van der Waals surface area (Å²) in [5.74, 6) is 1.41. The van der Waals surface area contributed by atoms with Gasteiger partial charge in [0.25, 0.3) is 0 Å². The minimum Gasteiger partial charge on any atom is -0.497 e. The van der Waals surface area contributed by atoms with Crippen molar-refractivity contribution in [2.24, 2.45) is 0 Å². The molecule has 0 aromatic heterocycles. The Balaban J connectivity index is 1.67. The van der Waals surface area contributed by atoms with Crippen molar-refractivity contribution in [3.63, 3.8) is 0 Å². The maximum atomic E-state index is 12.1. The van der Waals surface area contributed by atoms with Crippen molar-refractivity contribution < 1.29 is 19.0 Å². The van der Waals surface area contributed by atoms with Gasteiger partial charge in [-0.15, -0.1) is 0 Å². The molecule has 0 atom stereocenters. The molecule has 0 bridgehead atoms. The predicted octanol–water partition coefficient (Wildman–Crippen LogP) is 3.10. The van der Waals surface area contributed by atoms with Gasteiger partial charge in [-0.1, -0.05) is 19.3 Å². The molecule has 0 heterocycles. The van der Waals surface area contributed by atoms with Crippen molar-refractivity contribution in [3.8, 4) is 11.5 Å². The highest BCUT2D eigenvalue weighted by molar-refractivity contribution is 5.79. The third-order valence-corrected chi connectivity index (χ3v) is 4.39. The Labute approximate surface area is 144 Å². The van der Waals surface area contributed by atoms with E-state index >= 15 is 0 Å². The molecule has 5 heteroatoms. The van der Waals surface area contributed by atoms with E-state index in [2.05, 4.69) is 5.32 Å². The topological polar surface area (TPSA) is 56.8 Å². The lowest BCUT2D eigenvalue weighted by molar-refractivity contribution is -0.120. The first-order chi connectivity index (χ1) is 11.7. The Morgan fingerprint density at radius 3 is 2.67 bits per heavy atom. The van der Waals surface area contributed by atoms with Crippen LogP contribution in [0.25, 0.3) is 0 Å². The van der Waals surface area contributed by atoms with E-state index in [9.17, 15) is 4.79 Å². The summed E-state index contributed by atoms with van der Waals surface area (Å²) in [5, 5.41) is 2.94. The number of rotatable bonds is 9. The fourth-order valence-electron chi connectivity index (χ4n) is 3.04. The van der Waals surface area contributed by atoms with Crippen LogP contribution in [0.5, 0.6) is 11.5 Å². The summed E-state index contributed by atoms with van der Waals surface area (Å²) in [6.45, 7) is 1.35. The van der Waals surface area contributed by atoms with Gasteiger partial charge in [-0.05, 0) is 37.5 Å². The van der Waals surface area contributed by atoms with Gasteiger partial charge in [0.05, 0.1) is 26.7 Å². The van der Waals surface area contributed by atoms with Crippen LogP contribution in [-0.2, 0) is 16.0 Å². The standard InChI is InChI=1S/C19H29NO4/c1-22-17-9-10-18(23-2)15(13-17)14-19(21)20-11-6-12-24-16-7-4-3-5-8-16/h9-10,13,16H,3-8,11-12,14H2,1-2H3,(H,20,21). The molecular formula is C19H29NO4. The Morgan fingerprint density at radius 2 is 1.96 bits per heavy atom. The fraction of sp³-hybridized carbons (Fsp3) is 0.632. The Kier molecular flexibility index (Phi) is 7.89. The molecule has 0 radical (unpaired) electrons. The van der Waals surface area contributed by atoms with Crippen molar-refractivity contribution >= 4 is 5.91 Å². The predicted molar refractivity (Wildman–Crippen MR) is 93.7 cm³/mol. The maximum Gasteiger partial charge on any atom is 0.224 e. The molecule has 1 saturated carbocycles. The van der Waals surface area contributed by atoms with Gasteiger partial charge >= 0.3 is 0 Å². The number of carbonyl (C=O) groups is 1. The average molecular weight is 335 g/mol. The SMILES string of the molecule is COc1ccc(OC)c(CC(=O)NCCCOC2CCCCC2)c1. The van der Waals surface area contributed by atoms with Gasteiger partial charge in [-0.2, -0.15) is 0 Å². The summed E-state index contributed by atoms with van der Waals surface area (Å²) < 4.78 is 16.4. The number of nitrogens with one attached hydrogen (secondary N) is 1. The van der Waals surface area contributed by atoms with Crippen LogP contribution in [-0.4, -0.2) is 39.4 Å². The van der Waals surface area contributed by atoms with Crippen molar-refractivity contribution in [2.45, 2.75) is 51.0 Å². The monoisotopic (exact) mass is 335 g/mol. The van der Waals surface area contributed by atoms with Gasteiger partial charge in [0.1, 0.15) is 11.5 Å². The van der Waals surface area contributed by atoms with Gasteiger partial charge in [0.2, 0.25) is 5.91 Å². The van der Waals surface area contributed by atoms with E-state index in [1.807, 2.05) is 18.2 Å². The number of hydrogen-bond acceptors (Lipinski definition) is 4. The summed E-state index contributed by atoms with van der Waals surface area (Å²) >= 11 is 0. The third-order valence-electron chi connectivity index (χ3n) is 4.39. The number of methoxy groups -OCH3 is 2. The number of ether oxygens (including phenoxy) is 3. The van der Waals surface area contributed by atoms with Crippen LogP contribution < -0.4 is 14.8 Å². The second-order valence-corrected chi connectivity index (χ2v) is 6.19. The first-order valence-corrected chi connectivity index (χ1v) is 8.82. The summed E-state index contributed by atoms with van der Waals surface area (Å²) in [7, 11) is 3.21. The van der Waals surface area contributed by atoms with Crippen LogP contribution in [0.3, 0.4) is 0 Å². The van der Waals surface area contributed by atoms with Crippen molar-refractivity contribution in [1.29, 1.82) is 0 Å². The molecule has 2 rings (SSSR count). The number of hydrogen-bond donors (Lipinski definition) is 1. The van der Waals surface area contributed by atoms with Gasteiger partial charge in [-0.25, -0.2) is 0 Å². The summed E-state index contributed by atoms with van der Waals surface area (Å²) in [4.78, 5) is 12.1. The zero-order chi connectivity index (χ0) is 17.2. The minimum atomic E-state index is -0.0146. The van der Waals surface area contributed by atoms with E-state index < -0.39 is 0 Å². The zero-order valence-corrected chi connectivity index (χ0v) is 14.8. The molecule has 1 aromatic rings. The van der Waals surface area contributed by atoms with Crippen LogP contribution in [0.15, 0.2) is 18.2 Å².